The fourth-order valence-electron chi connectivity index (χ4n) is 2.64. The third-order valence-electron chi connectivity index (χ3n) is 3.81. The molecule has 2 aromatic rings. The van der Waals surface area contributed by atoms with Crippen LogP contribution in [0.25, 0.3) is 0 Å². The van der Waals surface area contributed by atoms with Crippen LogP contribution in [0.4, 0.5) is 10.2 Å². The van der Waals surface area contributed by atoms with Gasteiger partial charge in [0.2, 0.25) is 0 Å². The predicted molar refractivity (Wildman–Crippen MR) is 81.8 cm³/mol. The fraction of sp³-hybridized carbons (Fsp3) is 0.333. The Hall–Kier alpha value is -2.77. The zero-order valence-electron chi connectivity index (χ0n) is 12.6. The molecular weight excluding hydrogens is 301 g/mol. The summed E-state index contributed by atoms with van der Waals surface area (Å²) in [4.78, 5) is 37.5. The van der Waals surface area contributed by atoms with Crippen LogP contribution in [0.3, 0.4) is 0 Å². The third-order valence-corrected chi connectivity index (χ3v) is 3.81. The summed E-state index contributed by atoms with van der Waals surface area (Å²) in [6.07, 6.45) is 3.60. The van der Waals surface area contributed by atoms with Crippen LogP contribution in [-0.2, 0) is 0 Å². The number of carbonyl (C=O) groups excluding carboxylic acids is 1. The van der Waals surface area contributed by atoms with Crippen LogP contribution in [0.5, 0.6) is 0 Å². The maximum atomic E-state index is 13.0. The van der Waals surface area contributed by atoms with Gasteiger partial charge in [-0.15, -0.1) is 0 Å². The molecule has 1 N–H and O–H groups in total. The average Bonchev–Trinajstić information content (AvgIpc) is 2.56. The zero-order chi connectivity index (χ0) is 16.4. The van der Waals surface area contributed by atoms with Gasteiger partial charge in [-0.3, -0.25) is 9.59 Å². The lowest BCUT2D eigenvalue weighted by molar-refractivity contribution is 0.0719. The number of H-pyrrole nitrogens is 1. The maximum absolute atomic E-state index is 13.0. The van der Waals surface area contributed by atoms with Crippen molar-refractivity contribution in [2.45, 2.75) is 13.0 Å². The molecule has 1 aliphatic heterocycles. The summed E-state index contributed by atoms with van der Waals surface area (Å²) in [6, 6.07) is 3.04. The predicted octanol–water partition coefficient (Wildman–Crippen LogP) is 0.655. The molecule has 2 aromatic heterocycles. The van der Waals surface area contributed by atoms with Gasteiger partial charge in [0.15, 0.2) is 0 Å². The monoisotopic (exact) mass is 317 g/mol. The third kappa shape index (κ3) is 3.20. The molecule has 0 spiro atoms. The van der Waals surface area contributed by atoms with Crippen LogP contribution in [0.1, 0.15) is 17.4 Å². The number of piperazine rings is 1. The Balaban J connectivity index is 1.70. The Bertz CT molecular complexity index is 741. The van der Waals surface area contributed by atoms with Gasteiger partial charge >= 0.3 is 0 Å². The van der Waals surface area contributed by atoms with Gasteiger partial charge in [0.05, 0.1) is 12.4 Å². The Morgan fingerprint density at radius 2 is 2.13 bits per heavy atom. The van der Waals surface area contributed by atoms with Gasteiger partial charge in [0.25, 0.3) is 11.5 Å². The first kappa shape index (κ1) is 15.1. The van der Waals surface area contributed by atoms with Gasteiger partial charge in [0.1, 0.15) is 17.3 Å². The van der Waals surface area contributed by atoms with E-state index in [0.29, 0.717) is 25.5 Å². The summed E-state index contributed by atoms with van der Waals surface area (Å²) in [5, 5.41) is 0. The Labute approximate surface area is 131 Å². The number of carbonyl (C=O) groups is 1. The quantitative estimate of drug-likeness (QED) is 0.879. The second-order valence-electron chi connectivity index (χ2n) is 5.42. The van der Waals surface area contributed by atoms with Crippen LogP contribution < -0.4 is 10.5 Å². The van der Waals surface area contributed by atoms with Crippen LogP contribution >= 0.6 is 0 Å². The highest BCUT2D eigenvalue weighted by atomic mass is 19.1. The minimum atomic E-state index is -0.376. The number of nitrogens with one attached hydrogen (secondary N) is 1. The molecule has 0 saturated carbocycles. The molecule has 7 nitrogen and oxygen atoms in total. The van der Waals surface area contributed by atoms with Gasteiger partial charge in [-0.2, -0.15) is 0 Å². The lowest BCUT2D eigenvalue weighted by Crippen LogP contribution is -2.54. The highest BCUT2D eigenvalue weighted by Crippen LogP contribution is 2.19. The van der Waals surface area contributed by atoms with E-state index in [0.717, 1.165) is 6.20 Å². The van der Waals surface area contributed by atoms with Crippen molar-refractivity contribution in [3.8, 4) is 0 Å². The number of amides is 1. The van der Waals surface area contributed by atoms with Crippen molar-refractivity contribution in [3.63, 3.8) is 0 Å². The van der Waals surface area contributed by atoms with Crippen LogP contribution in [0.15, 0.2) is 35.5 Å². The molecule has 8 heteroatoms. The van der Waals surface area contributed by atoms with Gasteiger partial charge in [-0.25, -0.2) is 14.4 Å². The topological polar surface area (TPSA) is 82.2 Å². The molecule has 1 amide bonds. The summed E-state index contributed by atoms with van der Waals surface area (Å²) >= 11 is 0. The normalized spacial score (nSPS) is 18.1. The molecule has 23 heavy (non-hydrogen) atoms. The summed E-state index contributed by atoms with van der Waals surface area (Å²) < 4.78 is 13.0. The molecule has 1 unspecified atom stereocenters. The van der Waals surface area contributed by atoms with E-state index in [1.807, 2.05) is 11.8 Å². The summed E-state index contributed by atoms with van der Waals surface area (Å²) in [6.45, 7) is 3.57. The first-order chi connectivity index (χ1) is 11.0. The fourth-order valence-corrected chi connectivity index (χ4v) is 2.64. The standard InChI is InChI=1S/C15H16FN5O2/c1-10-9-20(15(23)12-7-19-14(22)8-17-12)4-5-21(10)13-3-2-11(16)6-18-13/h2-3,6-8,10H,4-5,9H2,1H3,(H,19,22). The number of halogens is 1. The number of aromatic amines is 1. The van der Waals surface area contributed by atoms with Gasteiger partial charge in [0, 0.05) is 31.9 Å². The molecule has 0 aromatic carbocycles. The summed E-state index contributed by atoms with van der Waals surface area (Å²) in [5.74, 6) is 0.0901. The van der Waals surface area contributed by atoms with Crippen LogP contribution in [0.2, 0.25) is 0 Å². The number of nitrogens with zero attached hydrogens (tertiary/aromatic N) is 4. The molecule has 0 bridgehead atoms. The van der Waals surface area contributed by atoms with E-state index in [-0.39, 0.29) is 29.0 Å². The first-order valence-electron chi connectivity index (χ1n) is 7.27. The largest absolute Gasteiger partial charge is 0.350 e. The minimum absolute atomic E-state index is 0.0356. The second-order valence-corrected chi connectivity index (χ2v) is 5.42. The Morgan fingerprint density at radius 3 is 2.74 bits per heavy atom. The van der Waals surface area contributed by atoms with Crippen molar-refractivity contribution in [1.82, 2.24) is 19.9 Å². The minimum Gasteiger partial charge on any atom is -0.350 e. The molecule has 120 valence electrons. The van der Waals surface area contributed by atoms with E-state index in [4.69, 9.17) is 0 Å². The molecule has 3 heterocycles. The molecule has 1 atom stereocenters. The maximum Gasteiger partial charge on any atom is 0.274 e. The van der Waals surface area contributed by atoms with Gasteiger partial charge < -0.3 is 14.8 Å². The second kappa shape index (κ2) is 6.15. The molecule has 1 fully saturated rings. The number of hydrogen-bond acceptors (Lipinski definition) is 5. The summed E-state index contributed by atoms with van der Waals surface area (Å²) in [7, 11) is 0. The van der Waals surface area contributed by atoms with Crippen molar-refractivity contribution < 1.29 is 9.18 Å². The molecular formula is C15H16FN5O2. The van der Waals surface area contributed by atoms with E-state index in [2.05, 4.69) is 15.0 Å². The lowest BCUT2D eigenvalue weighted by atomic mass is 10.1. The molecule has 0 aliphatic carbocycles. The zero-order valence-corrected chi connectivity index (χ0v) is 12.6. The highest BCUT2D eigenvalue weighted by molar-refractivity contribution is 5.92. The van der Waals surface area contributed by atoms with Crippen molar-refractivity contribution in [1.29, 1.82) is 0 Å². The number of aromatic nitrogens is 3. The first-order valence-corrected chi connectivity index (χ1v) is 7.27. The van der Waals surface area contributed by atoms with Crippen LogP contribution in [-0.4, -0.2) is 51.4 Å². The molecule has 3 rings (SSSR count). The number of pyridine rings is 1. The lowest BCUT2D eigenvalue weighted by Gasteiger charge is -2.40. The number of hydrogen-bond donors (Lipinski definition) is 1. The van der Waals surface area contributed by atoms with Gasteiger partial charge in [-0.1, -0.05) is 0 Å². The van der Waals surface area contributed by atoms with Crippen molar-refractivity contribution >= 4 is 11.7 Å². The van der Waals surface area contributed by atoms with Crippen molar-refractivity contribution in [2.75, 3.05) is 24.5 Å². The van der Waals surface area contributed by atoms with E-state index >= 15 is 0 Å². The van der Waals surface area contributed by atoms with E-state index in [1.54, 1.807) is 11.0 Å². The highest BCUT2D eigenvalue weighted by Gasteiger charge is 2.28. The Morgan fingerprint density at radius 1 is 1.30 bits per heavy atom. The van der Waals surface area contributed by atoms with E-state index in [1.165, 1.54) is 18.5 Å². The van der Waals surface area contributed by atoms with E-state index < -0.39 is 0 Å². The Kier molecular flexibility index (Phi) is 4.05. The van der Waals surface area contributed by atoms with Crippen molar-refractivity contribution in [2.24, 2.45) is 0 Å². The van der Waals surface area contributed by atoms with Gasteiger partial charge in [-0.05, 0) is 19.1 Å². The summed E-state index contributed by atoms with van der Waals surface area (Å²) in [5.41, 5.74) is -0.132. The molecule has 1 aliphatic rings. The number of anilines is 1. The average molecular weight is 317 g/mol. The molecule has 1 saturated heterocycles. The van der Waals surface area contributed by atoms with E-state index in [9.17, 15) is 14.0 Å². The smallest absolute Gasteiger partial charge is 0.274 e. The van der Waals surface area contributed by atoms with Crippen LogP contribution in [0, 0.1) is 5.82 Å². The van der Waals surface area contributed by atoms with Crippen molar-refractivity contribution in [3.05, 3.63) is 52.6 Å². The SMILES string of the molecule is CC1CN(C(=O)c2c[nH]c(=O)cn2)CCN1c1ccc(F)cn1. The molecule has 0 radical (unpaired) electrons. The number of rotatable bonds is 2.